The van der Waals surface area contributed by atoms with Crippen LogP contribution in [0.4, 0.5) is 5.82 Å². The number of aryl methyl sites for hydroxylation is 1. The third-order valence-electron chi connectivity index (χ3n) is 4.98. The number of halogens is 2. The molecule has 1 aromatic heterocycles. The second kappa shape index (κ2) is 8.34. The number of para-hydroxylation sites is 1. The molecule has 4 aromatic rings. The minimum Gasteiger partial charge on any atom is -0.327 e. The van der Waals surface area contributed by atoms with Crippen LogP contribution in [0.1, 0.15) is 17.3 Å². The van der Waals surface area contributed by atoms with Crippen molar-refractivity contribution in [1.82, 2.24) is 4.57 Å². The minimum atomic E-state index is -0.397. The second-order valence-electron chi connectivity index (χ2n) is 6.73. The SMILES string of the molecule is CCn1c(NC(=O)c2ccccc2Cl)c(-c2ccccc2Cl)c(=O)c2ccccc21. The van der Waals surface area contributed by atoms with E-state index in [2.05, 4.69) is 5.32 Å². The van der Waals surface area contributed by atoms with Crippen molar-refractivity contribution in [3.05, 3.63) is 98.6 Å². The summed E-state index contributed by atoms with van der Waals surface area (Å²) in [6, 6.07) is 21.2. The molecule has 0 radical (unpaired) electrons. The molecule has 0 aliphatic carbocycles. The number of hydrogen-bond donors (Lipinski definition) is 1. The standard InChI is InChI=1S/C24H18Cl2N2O2/c1-2-28-20-14-8-5-11-17(20)22(29)21(15-9-3-6-12-18(15)25)23(28)27-24(30)16-10-4-7-13-19(16)26/h3-14H,2H2,1H3,(H,27,30). The number of anilines is 1. The van der Waals surface area contributed by atoms with Crippen LogP contribution in [-0.2, 0) is 6.54 Å². The van der Waals surface area contributed by atoms with Crippen LogP contribution < -0.4 is 10.7 Å². The molecule has 0 aliphatic heterocycles. The van der Waals surface area contributed by atoms with E-state index in [-0.39, 0.29) is 5.43 Å². The molecule has 1 N–H and O–H groups in total. The summed E-state index contributed by atoms with van der Waals surface area (Å²) in [5.74, 6) is -0.00926. The Morgan fingerprint density at radius 1 is 0.900 bits per heavy atom. The highest BCUT2D eigenvalue weighted by Crippen LogP contribution is 2.34. The van der Waals surface area contributed by atoms with E-state index < -0.39 is 5.91 Å². The van der Waals surface area contributed by atoms with Gasteiger partial charge < -0.3 is 9.88 Å². The van der Waals surface area contributed by atoms with Gasteiger partial charge in [0.05, 0.1) is 21.7 Å². The molecule has 0 atom stereocenters. The number of pyridine rings is 1. The van der Waals surface area contributed by atoms with Gasteiger partial charge in [0.25, 0.3) is 5.91 Å². The average Bonchev–Trinajstić information content (AvgIpc) is 2.75. The number of benzene rings is 3. The van der Waals surface area contributed by atoms with E-state index in [1.54, 1.807) is 48.5 Å². The number of aromatic nitrogens is 1. The first-order valence-corrected chi connectivity index (χ1v) is 10.2. The minimum absolute atomic E-state index is 0.196. The first-order valence-electron chi connectivity index (χ1n) is 9.49. The van der Waals surface area contributed by atoms with Crippen molar-refractivity contribution in [3.63, 3.8) is 0 Å². The molecule has 6 heteroatoms. The van der Waals surface area contributed by atoms with E-state index in [9.17, 15) is 9.59 Å². The summed E-state index contributed by atoms with van der Waals surface area (Å²) in [7, 11) is 0. The molecule has 0 spiro atoms. The maximum Gasteiger partial charge on any atom is 0.258 e. The summed E-state index contributed by atoms with van der Waals surface area (Å²) >= 11 is 12.7. The smallest absolute Gasteiger partial charge is 0.258 e. The van der Waals surface area contributed by atoms with E-state index >= 15 is 0 Å². The van der Waals surface area contributed by atoms with Crippen molar-refractivity contribution in [2.24, 2.45) is 0 Å². The molecule has 0 saturated heterocycles. The van der Waals surface area contributed by atoms with Crippen LogP contribution in [0.2, 0.25) is 10.0 Å². The van der Waals surface area contributed by atoms with Gasteiger partial charge in [0.1, 0.15) is 5.82 Å². The molecule has 0 bridgehead atoms. The second-order valence-corrected chi connectivity index (χ2v) is 7.54. The zero-order chi connectivity index (χ0) is 21.3. The van der Waals surface area contributed by atoms with Crippen molar-refractivity contribution in [2.75, 3.05) is 5.32 Å². The molecule has 0 aliphatic rings. The van der Waals surface area contributed by atoms with Gasteiger partial charge in [-0.05, 0) is 37.3 Å². The number of fused-ring (bicyclic) bond motifs is 1. The molecule has 4 nitrogen and oxygen atoms in total. The number of nitrogens with zero attached hydrogens (tertiary/aromatic N) is 1. The Hall–Kier alpha value is -3.08. The number of carbonyl (C=O) groups is 1. The fourth-order valence-electron chi connectivity index (χ4n) is 3.59. The highest BCUT2D eigenvalue weighted by molar-refractivity contribution is 6.35. The summed E-state index contributed by atoms with van der Waals surface area (Å²) in [5.41, 5.74) is 1.77. The van der Waals surface area contributed by atoms with Gasteiger partial charge in [-0.15, -0.1) is 0 Å². The zero-order valence-electron chi connectivity index (χ0n) is 16.2. The molecule has 0 saturated carbocycles. The average molecular weight is 437 g/mol. The van der Waals surface area contributed by atoms with Gasteiger partial charge in [-0.25, -0.2) is 0 Å². The quantitative estimate of drug-likeness (QED) is 0.411. The number of carbonyl (C=O) groups excluding carboxylic acids is 1. The molecule has 30 heavy (non-hydrogen) atoms. The molecular formula is C24H18Cl2N2O2. The molecule has 150 valence electrons. The van der Waals surface area contributed by atoms with Gasteiger partial charge in [-0.3, -0.25) is 9.59 Å². The third-order valence-corrected chi connectivity index (χ3v) is 5.64. The molecule has 0 fully saturated rings. The molecule has 1 heterocycles. The lowest BCUT2D eigenvalue weighted by Gasteiger charge is -2.21. The number of hydrogen-bond acceptors (Lipinski definition) is 2. The first-order chi connectivity index (χ1) is 14.5. The Balaban J connectivity index is 2.03. The van der Waals surface area contributed by atoms with Crippen LogP contribution in [-0.4, -0.2) is 10.5 Å². The summed E-state index contributed by atoms with van der Waals surface area (Å²) in [4.78, 5) is 26.6. The van der Waals surface area contributed by atoms with Crippen LogP contribution in [0.3, 0.4) is 0 Å². The molecule has 4 rings (SSSR count). The van der Waals surface area contributed by atoms with Crippen molar-refractivity contribution in [2.45, 2.75) is 13.5 Å². The Morgan fingerprint density at radius 3 is 2.23 bits per heavy atom. The molecule has 3 aromatic carbocycles. The van der Waals surface area contributed by atoms with Crippen LogP contribution >= 0.6 is 23.2 Å². The predicted octanol–water partition coefficient (Wildman–Crippen LogP) is 6.25. The fraction of sp³-hybridized carbons (Fsp3) is 0.0833. The zero-order valence-corrected chi connectivity index (χ0v) is 17.7. The molecule has 0 unspecified atom stereocenters. The van der Waals surface area contributed by atoms with Crippen molar-refractivity contribution < 1.29 is 4.79 Å². The van der Waals surface area contributed by atoms with Crippen LogP contribution in [0.25, 0.3) is 22.0 Å². The van der Waals surface area contributed by atoms with Gasteiger partial charge in [0.15, 0.2) is 5.43 Å². The number of amides is 1. The number of rotatable bonds is 4. The van der Waals surface area contributed by atoms with Gasteiger partial charge >= 0.3 is 0 Å². The lowest BCUT2D eigenvalue weighted by atomic mass is 10.0. The highest BCUT2D eigenvalue weighted by atomic mass is 35.5. The van der Waals surface area contributed by atoms with E-state index in [1.165, 1.54) is 0 Å². The van der Waals surface area contributed by atoms with E-state index in [4.69, 9.17) is 23.2 Å². The van der Waals surface area contributed by atoms with Gasteiger partial charge in [-0.2, -0.15) is 0 Å². The molecule has 1 amide bonds. The Morgan fingerprint density at radius 2 is 1.53 bits per heavy atom. The normalized spacial score (nSPS) is 10.9. The highest BCUT2D eigenvalue weighted by Gasteiger charge is 2.22. The molecular weight excluding hydrogens is 419 g/mol. The predicted molar refractivity (Wildman–Crippen MR) is 124 cm³/mol. The van der Waals surface area contributed by atoms with E-state index in [1.807, 2.05) is 35.8 Å². The number of nitrogens with one attached hydrogen (secondary N) is 1. The largest absolute Gasteiger partial charge is 0.327 e. The van der Waals surface area contributed by atoms with Crippen molar-refractivity contribution >= 4 is 45.8 Å². The van der Waals surface area contributed by atoms with Crippen LogP contribution in [0.15, 0.2) is 77.6 Å². The lowest BCUT2D eigenvalue weighted by Crippen LogP contribution is -2.22. The van der Waals surface area contributed by atoms with Crippen LogP contribution in [0, 0.1) is 0 Å². The van der Waals surface area contributed by atoms with Crippen molar-refractivity contribution in [3.8, 4) is 11.1 Å². The van der Waals surface area contributed by atoms with Crippen LogP contribution in [0.5, 0.6) is 0 Å². The van der Waals surface area contributed by atoms with Crippen molar-refractivity contribution in [1.29, 1.82) is 0 Å². The first kappa shape index (κ1) is 20.2. The van der Waals surface area contributed by atoms with E-state index in [0.717, 1.165) is 5.52 Å². The monoisotopic (exact) mass is 436 g/mol. The lowest BCUT2D eigenvalue weighted by molar-refractivity contribution is 0.102. The maximum absolute atomic E-state index is 13.5. The Kier molecular flexibility index (Phi) is 5.62. The van der Waals surface area contributed by atoms with Gasteiger partial charge in [0, 0.05) is 22.5 Å². The Labute approximate surface area is 183 Å². The Bertz CT molecular complexity index is 1330. The van der Waals surface area contributed by atoms with Gasteiger partial charge in [-0.1, -0.05) is 65.7 Å². The summed E-state index contributed by atoms with van der Waals surface area (Å²) in [5, 5.41) is 4.25. The third kappa shape index (κ3) is 3.49. The summed E-state index contributed by atoms with van der Waals surface area (Å²) in [6.45, 7) is 2.49. The topological polar surface area (TPSA) is 51.1 Å². The summed E-state index contributed by atoms with van der Waals surface area (Å²) < 4.78 is 1.91. The fourth-order valence-corrected chi connectivity index (χ4v) is 4.04. The van der Waals surface area contributed by atoms with E-state index in [0.29, 0.717) is 44.5 Å². The van der Waals surface area contributed by atoms with Gasteiger partial charge in [0.2, 0.25) is 0 Å². The summed E-state index contributed by atoms with van der Waals surface area (Å²) in [6.07, 6.45) is 0. The maximum atomic E-state index is 13.5.